The molecule has 0 aliphatic heterocycles. The third kappa shape index (κ3) is 1.82. The molecular weight excluding hydrogens is 184 g/mol. The number of nitro groups is 1. The van der Waals surface area contributed by atoms with Crippen LogP contribution in [-0.4, -0.2) is 10.0 Å². The summed E-state index contributed by atoms with van der Waals surface area (Å²) in [4.78, 5) is 9.83. The minimum atomic E-state index is -0.668. The molecule has 0 atom stereocenters. The number of hydrogen-bond acceptors (Lipinski definition) is 4. The topological polar surface area (TPSA) is 89.4 Å². The fourth-order valence-corrected chi connectivity index (χ4v) is 1.13. The highest BCUT2D eigenvalue weighted by atomic mass is 16.6. The Balaban J connectivity index is 3.27. The quantitative estimate of drug-likeness (QED) is 0.251. The number of anilines is 1. The first-order valence-corrected chi connectivity index (χ1v) is 3.93. The minimum Gasteiger partial charge on any atom is -0.501 e. The third-order valence-electron chi connectivity index (χ3n) is 1.76. The summed E-state index contributed by atoms with van der Waals surface area (Å²) in [7, 11) is 0. The van der Waals surface area contributed by atoms with Gasteiger partial charge in [-0.2, -0.15) is 0 Å². The van der Waals surface area contributed by atoms with Gasteiger partial charge in [-0.15, -0.1) is 6.58 Å². The second-order valence-corrected chi connectivity index (χ2v) is 2.80. The Kier molecular flexibility index (Phi) is 2.71. The molecule has 1 aromatic carbocycles. The van der Waals surface area contributed by atoms with Crippen LogP contribution in [0.25, 0.3) is 0 Å². The zero-order chi connectivity index (χ0) is 10.7. The number of nitrogens with zero attached hydrogens (tertiary/aromatic N) is 1. The number of benzene rings is 1. The molecule has 14 heavy (non-hydrogen) atoms. The van der Waals surface area contributed by atoms with E-state index in [1.807, 2.05) is 0 Å². The number of nitrogen functional groups attached to an aromatic ring is 1. The highest BCUT2D eigenvalue weighted by Crippen LogP contribution is 2.33. The highest BCUT2D eigenvalue weighted by Gasteiger charge is 2.16. The highest BCUT2D eigenvalue weighted by molar-refractivity contribution is 5.64. The van der Waals surface area contributed by atoms with Gasteiger partial charge in [0.1, 0.15) is 0 Å². The van der Waals surface area contributed by atoms with E-state index in [4.69, 9.17) is 5.73 Å². The Morgan fingerprint density at radius 3 is 2.79 bits per heavy atom. The van der Waals surface area contributed by atoms with Gasteiger partial charge in [0.05, 0.1) is 10.6 Å². The van der Waals surface area contributed by atoms with Crippen LogP contribution in [0.5, 0.6) is 5.75 Å². The average Bonchev–Trinajstić information content (AvgIpc) is 2.11. The summed E-state index contributed by atoms with van der Waals surface area (Å²) >= 11 is 0. The van der Waals surface area contributed by atoms with Crippen molar-refractivity contribution in [1.82, 2.24) is 0 Å². The van der Waals surface area contributed by atoms with Gasteiger partial charge in [-0.3, -0.25) is 10.1 Å². The molecule has 0 aromatic heterocycles. The number of allylic oxidation sites excluding steroid dienone is 1. The molecule has 0 aliphatic carbocycles. The van der Waals surface area contributed by atoms with E-state index < -0.39 is 10.7 Å². The molecule has 3 N–H and O–H groups in total. The van der Waals surface area contributed by atoms with Crippen LogP contribution < -0.4 is 5.73 Å². The molecule has 0 amide bonds. The van der Waals surface area contributed by atoms with Gasteiger partial charge < -0.3 is 10.8 Å². The second-order valence-electron chi connectivity index (χ2n) is 2.80. The first-order chi connectivity index (χ1) is 6.56. The van der Waals surface area contributed by atoms with Gasteiger partial charge in [0.2, 0.25) is 5.75 Å². The number of hydrogen-bond donors (Lipinski definition) is 2. The molecule has 74 valence electrons. The molecule has 0 heterocycles. The van der Waals surface area contributed by atoms with Crippen LogP contribution in [0.2, 0.25) is 0 Å². The molecule has 1 rings (SSSR count). The van der Waals surface area contributed by atoms with Crippen LogP contribution in [0, 0.1) is 10.1 Å². The predicted molar refractivity (Wildman–Crippen MR) is 53.1 cm³/mol. The molecule has 0 spiro atoms. The first kappa shape index (κ1) is 10.0. The lowest BCUT2D eigenvalue weighted by atomic mass is 10.1. The molecule has 0 radical (unpaired) electrons. The average molecular weight is 194 g/mol. The monoisotopic (exact) mass is 194 g/mol. The summed E-state index contributed by atoms with van der Waals surface area (Å²) in [5.74, 6) is -0.484. The van der Waals surface area contributed by atoms with Crippen LogP contribution in [0.4, 0.5) is 11.4 Å². The molecule has 0 aliphatic rings. The van der Waals surface area contributed by atoms with Crippen LogP contribution in [0.1, 0.15) is 5.56 Å². The molecule has 0 fully saturated rings. The Morgan fingerprint density at radius 1 is 1.64 bits per heavy atom. The number of nitrogens with two attached hydrogens (primary N) is 1. The number of aromatic hydroxyl groups is 1. The van der Waals surface area contributed by atoms with Crippen molar-refractivity contribution in [2.45, 2.75) is 6.42 Å². The van der Waals surface area contributed by atoms with E-state index in [0.717, 1.165) is 0 Å². The molecule has 5 nitrogen and oxygen atoms in total. The van der Waals surface area contributed by atoms with Crippen molar-refractivity contribution in [3.05, 3.63) is 40.5 Å². The van der Waals surface area contributed by atoms with E-state index in [1.165, 1.54) is 12.1 Å². The van der Waals surface area contributed by atoms with Crippen molar-refractivity contribution < 1.29 is 10.0 Å². The largest absolute Gasteiger partial charge is 0.501 e. The molecule has 5 heteroatoms. The Hall–Kier alpha value is -2.04. The lowest BCUT2D eigenvalue weighted by Gasteiger charge is -2.03. The van der Waals surface area contributed by atoms with Crippen LogP contribution in [0.3, 0.4) is 0 Å². The van der Waals surface area contributed by atoms with Gasteiger partial charge in [-0.25, -0.2) is 0 Å². The molecule has 1 aromatic rings. The lowest BCUT2D eigenvalue weighted by Crippen LogP contribution is -1.95. The molecule has 0 unspecified atom stereocenters. The van der Waals surface area contributed by atoms with Crippen LogP contribution in [0.15, 0.2) is 24.8 Å². The Bertz CT molecular complexity index is 388. The standard InChI is InChI=1S/C9H10N2O3/c1-2-3-6-4-7(10)9(12)8(5-6)11(13)14/h2,4-5,12H,1,3,10H2. The number of nitro benzene ring substituents is 1. The smallest absolute Gasteiger partial charge is 0.313 e. The van der Waals surface area contributed by atoms with Gasteiger partial charge in [0, 0.05) is 6.07 Å². The van der Waals surface area contributed by atoms with Crippen molar-refractivity contribution in [3.8, 4) is 5.75 Å². The summed E-state index contributed by atoms with van der Waals surface area (Å²) in [6.45, 7) is 3.51. The zero-order valence-electron chi connectivity index (χ0n) is 7.43. The number of rotatable bonds is 3. The second kappa shape index (κ2) is 3.78. The van der Waals surface area contributed by atoms with Crippen molar-refractivity contribution in [1.29, 1.82) is 0 Å². The van der Waals surface area contributed by atoms with E-state index in [0.29, 0.717) is 12.0 Å². The summed E-state index contributed by atoms with van der Waals surface area (Å²) < 4.78 is 0. The predicted octanol–water partition coefficient (Wildman–Crippen LogP) is 1.61. The summed E-state index contributed by atoms with van der Waals surface area (Å²) in [6, 6.07) is 2.78. The van der Waals surface area contributed by atoms with E-state index in [-0.39, 0.29) is 11.4 Å². The molecular formula is C9H10N2O3. The van der Waals surface area contributed by atoms with Gasteiger partial charge in [-0.05, 0) is 18.1 Å². The van der Waals surface area contributed by atoms with Crippen LogP contribution in [-0.2, 0) is 6.42 Å². The number of phenols is 1. The maximum Gasteiger partial charge on any atom is 0.313 e. The Morgan fingerprint density at radius 2 is 2.29 bits per heavy atom. The fourth-order valence-electron chi connectivity index (χ4n) is 1.13. The molecule has 0 saturated carbocycles. The summed E-state index contributed by atoms with van der Waals surface area (Å²) in [5.41, 5.74) is 5.69. The first-order valence-electron chi connectivity index (χ1n) is 3.93. The van der Waals surface area contributed by atoms with Crippen LogP contribution >= 0.6 is 0 Å². The van der Waals surface area contributed by atoms with E-state index in [1.54, 1.807) is 6.08 Å². The lowest BCUT2D eigenvalue weighted by molar-refractivity contribution is -0.385. The SMILES string of the molecule is C=CCc1cc(N)c(O)c([N+](=O)[O-])c1. The molecule has 0 saturated heterocycles. The number of phenolic OH excluding ortho intramolecular Hbond substituents is 1. The van der Waals surface area contributed by atoms with Gasteiger partial charge in [0.25, 0.3) is 0 Å². The summed E-state index contributed by atoms with van der Waals surface area (Å²) in [5, 5.41) is 19.8. The van der Waals surface area contributed by atoms with E-state index >= 15 is 0 Å². The Labute approximate surface area is 80.6 Å². The van der Waals surface area contributed by atoms with Gasteiger partial charge in [0.15, 0.2) is 0 Å². The zero-order valence-corrected chi connectivity index (χ0v) is 7.43. The van der Waals surface area contributed by atoms with Crippen molar-refractivity contribution in [2.24, 2.45) is 0 Å². The third-order valence-corrected chi connectivity index (χ3v) is 1.76. The van der Waals surface area contributed by atoms with Crippen molar-refractivity contribution >= 4 is 11.4 Å². The van der Waals surface area contributed by atoms with Gasteiger partial charge in [-0.1, -0.05) is 6.08 Å². The fraction of sp³-hybridized carbons (Fsp3) is 0.111. The maximum absolute atomic E-state index is 10.5. The van der Waals surface area contributed by atoms with E-state index in [2.05, 4.69) is 6.58 Å². The van der Waals surface area contributed by atoms with Crippen molar-refractivity contribution in [2.75, 3.05) is 5.73 Å². The maximum atomic E-state index is 10.5. The van der Waals surface area contributed by atoms with E-state index in [9.17, 15) is 15.2 Å². The summed E-state index contributed by atoms with van der Waals surface area (Å²) in [6.07, 6.45) is 2.08. The minimum absolute atomic E-state index is 0.0102. The van der Waals surface area contributed by atoms with Crippen molar-refractivity contribution in [3.63, 3.8) is 0 Å². The molecule has 0 bridgehead atoms. The normalized spacial score (nSPS) is 9.71. The van der Waals surface area contributed by atoms with Gasteiger partial charge >= 0.3 is 5.69 Å².